The highest BCUT2D eigenvalue weighted by Gasteiger charge is 2.09. The molecular formula is C12H15FN2S2. The fraction of sp³-hybridized carbons (Fsp3) is 0.417. The SMILES string of the molecule is CCC(CSC)Nc1nc2cc(F)ccc2s1. The van der Waals surface area contributed by atoms with E-state index in [2.05, 4.69) is 23.5 Å². The first-order valence-electron chi connectivity index (χ1n) is 5.54. The number of anilines is 1. The molecule has 1 atom stereocenters. The average Bonchev–Trinajstić information content (AvgIpc) is 2.69. The molecule has 0 fully saturated rings. The van der Waals surface area contributed by atoms with Crippen LogP contribution >= 0.6 is 23.1 Å². The number of thiazole rings is 1. The number of nitrogens with one attached hydrogen (secondary N) is 1. The van der Waals surface area contributed by atoms with Gasteiger partial charge >= 0.3 is 0 Å². The zero-order chi connectivity index (χ0) is 12.3. The molecule has 1 unspecified atom stereocenters. The van der Waals surface area contributed by atoms with E-state index in [-0.39, 0.29) is 5.82 Å². The lowest BCUT2D eigenvalue weighted by Gasteiger charge is -2.14. The zero-order valence-electron chi connectivity index (χ0n) is 9.87. The zero-order valence-corrected chi connectivity index (χ0v) is 11.5. The Balaban J connectivity index is 2.18. The van der Waals surface area contributed by atoms with Gasteiger partial charge < -0.3 is 5.32 Å². The van der Waals surface area contributed by atoms with Crippen LogP contribution in [0.2, 0.25) is 0 Å². The van der Waals surface area contributed by atoms with Gasteiger partial charge in [-0.25, -0.2) is 9.37 Å². The molecule has 0 saturated heterocycles. The molecule has 1 aromatic heterocycles. The highest BCUT2D eigenvalue weighted by Crippen LogP contribution is 2.27. The van der Waals surface area contributed by atoms with Gasteiger partial charge in [0.1, 0.15) is 5.82 Å². The summed E-state index contributed by atoms with van der Waals surface area (Å²) in [4.78, 5) is 4.40. The van der Waals surface area contributed by atoms with Crippen LogP contribution in [0.3, 0.4) is 0 Å². The molecule has 0 saturated carbocycles. The molecule has 0 aliphatic heterocycles. The molecule has 2 rings (SSSR count). The number of halogens is 1. The summed E-state index contributed by atoms with van der Waals surface area (Å²) in [7, 11) is 0. The van der Waals surface area contributed by atoms with Crippen molar-refractivity contribution >= 4 is 38.4 Å². The normalized spacial score (nSPS) is 12.9. The van der Waals surface area contributed by atoms with E-state index >= 15 is 0 Å². The monoisotopic (exact) mass is 270 g/mol. The number of fused-ring (bicyclic) bond motifs is 1. The third-order valence-corrected chi connectivity index (χ3v) is 4.24. The van der Waals surface area contributed by atoms with Crippen LogP contribution in [0.1, 0.15) is 13.3 Å². The molecule has 1 aromatic carbocycles. The molecule has 0 bridgehead atoms. The molecule has 1 heterocycles. The van der Waals surface area contributed by atoms with Crippen molar-refractivity contribution in [3.8, 4) is 0 Å². The van der Waals surface area contributed by atoms with Crippen LogP contribution < -0.4 is 5.32 Å². The Morgan fingerprint density at radius 2 is 2.35 bits per heavy atom. The molecule has 17 heavy (non-hydrogen) atoms. The molecule has 0 spiro atoms. The quantitative estimate of drug-likeness (QED) is 0.889. The van der Waals surface area contributed by atoms with Crippen molar-refractivity contribution in [2.24, 2.45) is 0 Å². The van der Waals surface area contributed by atoms with Crippen molar-refractivity contribution in [1.29, 1.82) is 0 Å². The first-order valence-corrected chi connectivity index (χ1v) is 7.75. The van der Waals surface area contributed by atoms with Gasteiger partial charge in [0.15, 0.2) is 5.13 Å². The van der Waals surface area contributed by atoms with E-state index < -0.39 is 0 Å². The molecular weight excluding hydrogens is 255 g/mol. The second-order valence-electron chi connectivity index (χ2n) is 3.84. The summed E-state index contributed by atoms with van der Waals surface area (Å²) in [6.07, 6.45) is 3.16. The second kappa shape index (κ2) is 5.69. The largest absolute Gasteiger partial charge is 0.358 e. The van der Waals surface area contributed by atoms with Crippen LogP contribution in [-0.2, 0) is 0 Å². The minimum atomic E-state index is -0.231. The molecule has 5 heteroatoms. The van der Waals surface area contributed by atoms with E-state index in [1.165, 1.54) is 12.1 Å². The predicted octanol–water partition coefficient (Wildman–Crippen LogP) is 3.99. The molecule has 0 amide bonds. The third kappa shape index (κ3) is 3.10. The third-order valence-electron chi connectivity index (χ3n) is 2.54. The first kappa shape index (κ1) is 12.6. The lowest BCUT2D eigenvalue weighted by molar-refractivity contribution is 0.629. The second-order valence-corrected chi connectivity index (χ2v) is 5.78. The van der Waals surface area contributed by atoms with Crippen molar-refractivity contribution in [3.63, 3.8) is 0 Å². The van der Waals surface area contributed by atoms with Gasteiger partial charge in [0.25, 0.3) is 0 Å². The first-order chi connectivity index (χ1) is 8.22. The highest BCUT2D eigenvalue weighted by molar-refractivity contribution is 7.98. The predicted molar refractivity (Wildman–Crippen MR) is 75.7 cm³/mol. The number of thioether (sulfide) groups is 1. The number of benzene rings is 1. The van der Waals surface area contributed by atoms with E-state index in [1.54, 1.807) is 17.4 Å². The van der Waals surface area contributed by atoms with E-state index in [0.29, 0.717) is 6.04 Å². The minimum Gasteiger partial charge on any atom is -0.358 e. The lowest BCUT2D eigenvalue weighted by Crippen LogP contribution is -2.20. The van der Waals surface area contributed by atoms with E-state index in [9.17, 15) is 4.39 Å². The number of aromatic nitrogens is 1. The molecule has 92 valence electrons. The standard InChI is InChI=1S/C12H15FN2S2/c1-3-9(7-16-2)14-12-15-10-6-8(13)4-5-11(10)17-12/h4-6,9H,3,7H2,1-2H3,(H,14,15). The van der Waals surface area contributed by atoms with Crippen LogP contribution in [0.5, 0.6) is 0 Å². The topological polar surface area (TPSA) is 24.9 Å². The Hall–Kier alpha value is -0.810. The summed E-state index contributed by atoms with van der Waals surface area (Å²) < 4.78 is 14.1. The Bertz CT molecular complexity index is 498. The summed E-state index contributed by atoms with van der Waals surface area (Å²) in [5.41, 5.74) is 0.733. The lowest BCUT2D eigenvalue weighted by atomic mass is 10.3. The maximum atomic E-state index is 13.0. The van der Waals surface area contributed by atoms with Crippen molar-refractivity contribution in [2.75, 3.05) is 17.3 Å². The maximum Gasteiger partial charge on any atom is 0.184 e. The number of rotatable bonds is 5. The fourth-order valence-electron chi connectivity index (χ4n) is 1.60. The van der Waals surface area contributed by atoms with Gasteiger partial charge in [0.05, 0.1) is 10.2 Å². The molecule has 2 nitrogen and oxygen atoms in total. The number of hydrogen-bond donors (Lipinski definition) is 1. The summed E-state index contributed by atoms with van der Waals surface area (Å²) in [5, 5.41) is 4.28. The van der Waals surface area contributed by atoms with Crippen LogP contribution in [0.25, 0.3) is 10.2 Å². The number of hydrogen-bond acceptors (Lipinski definition) is 4. The van der Waals surface area contributed by atoms with Gasteiger partial charge in [-0.05, 0) is 24.8 Å². The molecule has 0 aliphatic rings. The van der Waals surface area contributed by atoms with Crippen molar-refractivity contribution < 1.29 is 4.39 Å². The Morgan fingerprint density at radius 3 is 3.06 bits per heavy atom. The van der Waals surface area contributed by atoms with Crippen LogP contribution in [0.15, 0.2) is 18.2 Å². The van der Waals surface area contributed by atoms with Gasteiger partial charge in [0.2, 0.25) is 0 Å². The van der Waals surface area contributed by atoms with Crippen molar-refractivity contribution in [3.05, 3.63) is 24.0 Å². The number of nitrogens with zero attached hydrogens (tertiary/aromatic N) is 1. The van der Waals surface area contributed by atoms with Crippen LogP contribution in [-0.4, -0.2) is 23.0 Å². The summed E-state index contributed by atoms with van der Waals surface area (Å²) in [6.45, 7) is 2.15. The van der Waals surface area contributed by atoms with Crippen LogP contribution in [0, 0.1) is 5.82 Å². The smallest absolute Gasteiger partial charge is 0.184 e. The Labute approximate surface area is 109 Å². The fourth-order valence-corrected chi connectivity index (χ4v) is 3.24. The van der Waals surface area contributed by atoms with Gasteiger partial charge in [-0.1, -0.05) is 18.3 Å². The van der Waals surface area contributed by atoms with E-state index in [1.807, 2.05) is 11.8 Å². The van der Waals surface area contributed by atoms with Gasteiger partial charge in [-0.3, -0.25) is 0 Å². The molecule has 0 aliphatic carbocycles. The average molecular weight is 270 g/mol. The van der Waals surface area contributed by atoms with Gasteiger partial charge in [0, 0.05) is 17.9 Å². The van der Waals surface area contributed by atoms with Crippen molar-refractivity contribution in [2.45, 2.75) is 19.4 Å². The van der Waals surface area contributed by atoms with Gasteiger partial charge in [-0.15, -0.1) is 0 Å². The Morgan fingerprint density at radius 1 is 1.53 bits per heavy atom. The minimum absolute atomic E-state index is 0.231. The molecule has 2 aromatic rings. The highest BCUT2D eigenvalue weighted by atomic mass is 32.2. The summed E-state index contributed by atoms with van der Waals surface area (Å²) in [5.74, 6) is 0.825. The molecule has 0 radical (unpaired) electrons. The Kier molecular flexibility index (Phi) is 4.23. The summed E-state index contributed by atoms with van der Waals surface area (Å²) in [6, 6.07) is 5.16. The summed E-state index contributed by atoms with van der Waals surface area (Å²) >= 11 is 3.39. The van der Waals surface area contributed by atoms with Crippen LogP contribution in [0.4, 0.5) is 9.52 Å². The van der Waals surface area contributed by atoms with E-state index in [0.717, 1.165) is 27.5 Å². The van der Waals surface area contributed by atoms with E-state index in [4.69, 9.17) is 0 Å². The van der Waals surface area contributed by atoms with Gasteiger partial charge in [-0.2, -0.15) is 11.8 Å². The molecule has 1 N–H and O–H groups in total. The van der Waals surface area contributed by atoms with Crippen molar-refractivity contribution in [1.82, 2.24) is 4.98 Å². The maximum absolute atomic E-state index is 13.0.